The van der Waals surface area contributed by atoms with Crippen molar-refractivity contribution in [2.24, 2.45) is 0 Å². The second-order valence-electron chi connectivity index (χ2n) is 3.42. The van der Waals surface area contributed by atoms with Crippen LogP contribution in [0.3, 0.4) is 0 Å². The molecule has 1 unspecified atom stereocenters. The minimum absolute atomic E-state index is 0.0224. The molecule has 0 bridgehead atoms. The van der Waals surface area contributed by atoms with Crippen molar-refractivity contribution in [3.8, 4) is 0 Å². The molecule has 0 aliphatic carbocycles. The van der Waals surface area contributed by atoms with E-state index in [0.29, 0.717) is 6.42 Å². The van der Waals surface area contributed by atoms with Crippen molar-refractivity contribution in [2.45, 2.75) is 31.6 Å². The average Bonchev–Trinajstić information content (AvgIpc) is 2.46. The van der Waals surface area contributed by atoms with Crippen LogP contribution in [0.4, 0.5) is 0 Å². The summed E-state index contributed by atoms with van der Waals surface area (Å²) in [7, 11) is -3.42. The smallest absolute Gasteiger partial charge is 0.264 e. The Bertz CT molecular complexity index is 364. The molecule has 1 heterocycles. The number of unbranched alkanes of at least 4 members (excludes halogenated alkanes) is 2. The maximum absolute atomic E-state index is 11.7. The molecule has 1 rings (SSSR count). The predicted molar refractivity (Wildman–Crippen MR) is 61.0 cm³/mol. The van der Waals surface area contributed by atoms with Gasteiger partial charge < -0.3 is 10.6 Å². The molecule has 1 atom stereocenters. The third-order valence-corrected chi connectivity index (χ3v) is 4.26. The third kappa shape index (κ3) is 3.13. The van der Waals surface area contributed by atoms with Crippen molar-refractivity contribution in [1.29, 1.82) is 0 Å². The fourth-order valence-electron chi connectivity index (χ4n) is 1.32. The molecule has 1 amide bonds. The van der Waals surface area contributed by atoms with Gasteiger partial charge in [-0.25, -0.2) is 8.42 Å². The summed E-state index contributed by atoms with van der Waals surface area (Å²) in [4.78, 5) is 11.2. The molecule has 86 valence electrons. The summed E-state index contributed by atoms with van der Waals surface area (Å²) in [6.07, 6.45) is 2.37. The van der Waals surface area contributed by atoms with Gasteiger partial charge >= 0.3 is 0 Å². The van der Waals surface area contributed by atoms with Gasteiger partial charge in [-0.05, 0) is 18.6 Å². The SMILES string of the molecule is CCCCCS(=O)(=O)C1NC(=S)NC1=O. The lowest BCUT2D eigenvalue weighted by Crippen LogP contribution is -2.38. The van der Waals surface area contributed by atoms with Crippen LogP contribution < -0.4 is 10.6 Å². The zero-order valence-corrected chi connectivity index (χ0v) is 10.1. The quantitative estimate of drug-likeness (QED) is 0.527. The highest BCUT2D eigenvalue weighted by Gasteiger charge is 2.37. The first-order valence-corrected chi connectivity index (χ1v) is 6.92. The van der Waals surface area contributed by atoms with Gasteiger partial charge in [0.05, 0.1) is 5.75 Å². The van der Waals surface area contributed by atoms with Crippen molar-refractivity contribution < 1.29 is 13.2 Å². The number of amides is 1. The van der Waals surface area contributed by atoms with E-state index in [4.69, 9.17) is 0 Å². The Labute approximate surface area is 94.5 Å². The summed E-state index contributed by atoms with van der Waals surface area (Å²) < 4.78 is 23.4. The highest BCUT2D eigenvalue weighted by molar-refractivity contribution is 7.92. The Morgan fingerprint density at radius 3 is 2.53 bits per heavy atom. The highest BCUT2D eigenvalue weighted by atomic mass is 32.2. The van der Waals surface area contributed by atoms with Crippen LogP contribution in [0.25, 0.3) is 0 Å². The molecule has 0 radical (unpaired) electrons. The summed E-state index contributed by atoms with van der Waals surface area (Å²) in [5.41, 5.74) is 0. The van der Waals surface area contributed by atoms with E-state index in [-0.39, 0.29) is 10.9 Å². The van der Waals surface area contributed by atoms with E-state index in [1.54, 1.807) is 0 Å². The third-order valence-electron chi connectivity index (χ3n) is 2.13. The minimum atomic E-state index is -3.42. The molecule has 15 heavy (non-hydrogen) atoms. The molecule has 1 fully saturated rings. The van der Waals surface area contributed by atoms with Crippen molar-refractivity contribution in [3.05, 3.63) is 0 Å². The standard InChI is InChI=1S/C8H14N2O3S2/c1-2-3-4-5-15(12,13)7-6(11)9-8(14)10-7/h7H,2-5H2,1H3,(H2,9,10,11,14). The van der Waals surface area contributed by atoms with E-state index in [1.165, 1.54) is 0 Å². The second-order valence-corrected chi connectivity index (χ2v) is 6.03. The lowest BCUT2D eigenvalue weighted by atomic mass is 10.3. The normalized spacial score (nSPS) is 21.3. The van der Waals surface area contributed by atoms with Crippen LogP contribution in [0.15, 0.2) is 0 Å². The van der Waals surface area contributed by atoms with Crippen molar-refractivity contribution in [2.75, 3.05) is 5.75 Å². The predicted octanol–water partition coefficient (Wildman–Crippen LogP) is -0.0782. The largest absolute Gasteiger partial charge is 0.338 e. The van der Waals surface area contributed by atoms with Gasteiger partial charge in [0, 0.05) is 0 Å². The van der Waals surface area contributed by atoms with Crippen LogP contribution in [-0.4, -0.2) is 30.6 Å². The molecule has 2 N–H and O–H groups in total. The molecule has 5 nitrogen and oxygen atoms in total. The number of hydrogen-bond acceptors (Lipinski definition) is 4. The Morgan fingerprint density at radius 2 is 2.07 bits per heavy atom. The number of thiocarbonyl (C=S) groups is 1. The van der Waals surface area contributed by atoms with E-state index >= 15 is 0 Å². The maximum Gasteiger partial charge on any atom is 0.264 e. The van der Waals surface area contributed by atoms with Gasteiger partial charge in [0.2, 0.25) is 5.37 Å². The summed E-state index contributed by atoms with van der Waals surface area (Å²) in [6, 6.07) is 0. The van der Waals surface area contributed by atoms with E-state index in [2.05, 4.69) is 22.9 Å². The first-order valence-electron chi connectivity index (χ1n) is 4.80. The second kappa shape index (κ2) is 4.89. The fraction of sp³-hybridized carbons (Fsp3) is 0.750. The van der Waals surface area contributed by atoms with E-state index in [1.807, 2.05) is 6.92 Å². The maximum atomic E-state index is 11.7. The van der Waals surface area contributed by atoms with Crippen molar-refractivity contribution in [1.82, 2.24) is 10.6 Å². The number of rotatable bonds is 5. The first kappa shape index (κ1) is 12.4. The number of carbonyl (C=O) groups is 1. The fourth-order valence-corrected chi connectivity index (χ4v) is 3.14. The molecular weight excluding hydrogens is 236 g/mol. The van der Waals surface area contributed by atoms with E-state index < -0.39 is 21.1 Å². The van der Waals surface area contributed by atoms with E-state index in [9.17, 15) is 13.2 Å². The van der Waals surface area contributed by atoms with Gasteiger partial charge in [-0.3, -0.25) is 4.79 Å². The van der Waals surface area contributed by atoms with Crippen molar-refractivity contribution in [3.63, 3.8) is 0 Å². The van der Waals surface area contributed by atoms with Crippen LogP contribution in [0.5, 0.6) is 0 Å². The number of hydrogen-bond donors (Lipinski definition) is 2. The number of sulfone groups is 1. The Morgan fingerprint density at radius 1 is 1.40 bits per heavy atom. The zero-order chi connectivity index (χ0) is 11.5. The van der Waals surface area contributed by atoms with Crippen LogP contribution in [0.2, 0.25) is 0 Å². The summed E-state index contributed by atoms with van der Waals surface area (Å²) in [5, 5.41) is 3.61. The lowest BCUT2D eigenvalue weighted by molar-refractivity contribution is -0.118. The van der Waals surface area contributed by atoms with E-state index in [0.717, 1.165) is 12.8 Å². The molecule has 0 aromatic carbocycles. The van der Waals surface area contributed by atoms with Gasteiger partial charge in [-0.2, -0.15) is 0 Å². The lowest BCUT2D eigenvalue weighted by Gasteiger charge is -2.08. The Hall–Kier alpha value is -0.690. The minimum Gasteiger partial charge on any atom is -0.338 e. The molecule has 1 saturated heterocycles. The monoisotopic (exact) mass is 250 g/mol. The van der Waals surface area contributed by atoms with Gasteiger partial charge in [-0.15, -0.1) is 0 Å². The van der Waals surface area contributed by atoms with Crippen molar-refractivity contribution >= 4 is 33.1 Å². The molecular formula is C8H14N2O3S2. The van der Waals surface area contributed by atoms with Crippen LogP contribution in [0.1, 0.15) is 26.2 Å². The van der Waals surface area contributed by atoms with Gasteiger partial charge in [0.1, 0.15) is 0 Å². The summed E-state index contributed by atoms with van der Waals surface area (Å²) in [5.74, 6) is -0.550. The molecule has 7 heteroatoms. The summed E-state index contributed by atoms with van der Waals surface area (Å²) in [6.45, 7) is 1.99. The van der Waals surface area contributed by atoms with Gasteiger partial charge in [0.25, 0.3) is 5.91 Å². The first-order chi connectivity index (χ1) is 6.97. The molecule has 0 aromatic heterocycles. The molecule has 0 aromatic rings. The Kier molecular flexibility index (Phi) is 4.04. The molecule has 0 spiro atoms. The average molecular weight is 250 g/mol. The zero-order valence-electron chi connectivity index (χ0n) is 8.45. The van der Waals surface area contributed by atoms with Gasteiger partial charge in [-0.1, -0.05) is 19.8 Å². The highest BCUT2D eigenvalue weighted by Crippen LogP contribution is 2.08. The Balaban J connectivity index is 2.62. The molecule has 1 aliphatic heterocycles. The number of carbonyl (C=O) groups excluding carboxylic acids is 1. The topological polar surface area (TPSA) is 75.3 Å². The molecule has 0 saturated carbocycles. The van der Waals surface area contributed by atoms with Gasteiger partial charge in [0.15, 0.2) is 14.9 Å². The van der Waals surface area contributed by atoms with Crippen LogP contribution >= 0.6 is 12.2 Å². The molecule has 1 aliphatic rings. The number of nitrogens with one attached hydrogen (secondary N) is 2. The van der Waals surface area contributed by atoms with Crippen LogP contribution in [0, 0.1) is 0 Å². The van der Waals surface area contributed by atoms with Crippen LogP contribution in [-0.2, 0) is 14.6 Å². The summed E-state index contributed by atoms with van der Waals surface area (Å²) >= 11 is 4.67.